The van der Waals surface area contributed by atoms with E-state index in [0.29, 0.717) is 12.0 Å². The first-order valence-corrected chi connectivity index (χ1v) is 10.5. The van der Waals surface area contributed by atoms with Crippen LogP contribution in [0.3, 0.4) is 0 Å². The predicted molar refractivity (Wildman–Crippen MR) is 97.4 cm³/mol. The van der Waals surface area contributed by atoms with Gasteiger partial charge in [-0.15, -0.1) is 11.3 Å². The third-order valence-corrected chi connectivity index (χ3v) is 6.61. The lowest BCUT2D eigenvalue weighted by atomic mass is 10.2. The molecule has 0 saturated heterocycles. The van der Waals surface area contributed by atoms with E-state index in [-0.39, 0.29) is 23.4 Å². The van der Waals surface area contributed by atoms with Gasteiger partial charge in [0, 0.05) is 29.4 Å². The van der Waals surface area contributed by atoms with Crippen LogP contribution in [0, 0.1) is 13.8 Å². The first-order chi connectivity index (χ1) is 11.8. The van der Waals surface area contributed by atoms with E-state index in [2.05, 4.69) is 15.0 Å². The fourth-order valence-electron chi connectivity index (χ4n) is 2.32. The minimum absolute atomic E-state index is 0.0995. The van der Waals surface area contributed by atoms with Gasteiger partial charge in [-0.2, -0.15) is 0 Å². The molecule has 0 aliphatic heterocycles. The molecule has 1 aliphatic carbocycles. The summed E-state index contributed by atoms with van der Waals surface area (Å²) in [4.78, 5) is 17.7. The van der Waals surface area contributed by atoms with Crippen LogP contribution in [0.15, 0.2) is 29.2 Å². The number of nitrogens with zero attached hydrogens (tertiary/aromatic N) is 1. The molecule has 1 saturated carbocycles. The van der Waals surface area contributed by atoms with Crippen LogP contribution in [0.5, 0.6) is 0 Å². The van der Waals surface area contributed by atoms with Gasteiger partial charge in [-0.1, -0.05) is 6.07 Å². The maximum atomic E-state index is 12.4. The van der Waals surface area contributed by atoms with Crippen molar-refractivity contribution in [3.63, 3.8) is 0 Å². The normalized spacial score (nSPS) is 14.5. The van der Waals surface area contributed by atoms with Crippen molar-refractivity contribution in [2.45, 2.75) is 44.0 Å². The second kappa shape index (κ2) is 7.23. The summed E-state index contributed by atoms with van der Waals surface area (Å²) in [6.07, 6.45) is 2.52. The number of nitrogens with one attached hydrogen (secondary N) is 2. The molecular formula is C17H21N3O3S2. The first-order valence-electron chi connectivity index (χ1n) is 8.18. The number of carbonyl (C=O) groups excluding carboxylic acids is 1. The van der Waals surface area contributed by atoms with Gasteiger partial charge in [0.05, 0.1) is 15.6 Å². The number of hydrogen-bond acceptors (Lipinski definition) is 5. The molecule has 25 heavy (non-hydrogen) atoms. The number of amides is 1. The summed E-state index contributed by atoms with van der Waals surface area (Å²) in [6.45, 7) is 4.21. The topological polar surface area (TPSA) is 88.2 Å². The van der Waals surface area contributed by atoms with Crippen LogP contribution >= 0.6 is 11.3 Å². The highest BCUT2D eigenvalue weighted by molar-refractivity contribution is 7.89. The Hall–Kier alpha value is -1.77. The molecule has 1 aromatic carbocycles. The molecule has 6 nitrogen and oxygen atoms in total. The fraction of sp³-hybridized carbons (Fsp3) is 0.412. The van der Waals surface area contributed by atoms with Gasteiger partial charge in [-0.25, -0.2) is 18.1 Å². The van der Waals surface area contributed by atoms with Crippen molar-refractivity contribution < 1.29 is 13.2 Å². The summed E-state index contributed by atoms with van der Waals surface area (Å²) in [5.41, 5.74) is 1.35. The molecule has 1 fully saturated rings. The van der Waals surface area contributed by atoms with Crippen molar-refractivity contribution in [3.8, 4) is 0 Å². The summed E-state index contributed by atoms with van der Waals surface area (Å²) in [5, 5.41) is 3.77. The maximum Gasteiger partial charge on any atom is 0.251 e. The van der Waals surface area contributed by atoms with Crippen LogP contribution in [-0.2, 0) is 16.4 Å². The molecule has 8 heteroatoms. The van der Waals surface area contributed by atoms with E-state index in [1.165, 1.54) is 12.1 Å². The number of benzene rings is 1. The van der Waals surface area contributed by atoms with Crippen LogP contribution in [0.25, 0.3) is 0 Å². The molecule has 1 aromatic heterocycles. The summed E-state index contributed by atoms with van der Waals surface area (Å²) >= 11 is 1.58. The molecule has 2 aromatic rings. The Balaban J connectivity index is 1.63. The molecule has 2 N–H and O–H groups in total. The predicted octanol–water partition coefficient (Wildman–Crippen LogP) is 2.17. The van der Waals surface area contributed by atoms with E-state index in [0.717, 1.165) is 28.4 Å². The smallest absolute Gasteiger partial charge is 0.251 e. The van der Waals surface area contributed by atoms with E-state index < -0.39 is 10.0 Å². The van der Waals surface area contributed by atoms with E-state index in [1.807, 2.05) is 13.8 Å². The second-order valence-corrected chi connectivity index (χ2v) is 9.23. The SMILES string of the molecule is Cc1nc(CCNS(=O)(=O)c2cccc(C(=O)NC3CC3)c2)sc1C. The van der Waals surface area contributed by atoms with Crippen LogP contribution in [-0.4, -0.2) is 31.9 Å². The molecule has 0 radical (unpaired) electrons. The number of hydrogen-bond donors (Lipinski definition) is 2. The fourth-order valence-corrected chi connectivity index (χ4v) is 4.33. The van der Waals surface area contributed by atoms with Gasteiger partial charge in [-0.05, 0) is 44.9 Å². The molecule has 0 unspecified atom stereocenters. The van der Waals surface area contributed by atoms with Gasteiger partial charge in [0.2, 0.25) is 10.0 Å². The summed E-state index contributed by atoms with van der Waals surface area (Å²) < 4.78 is 27.5. The highest BCUT2D eigenvalue weighted by Crippen LogP contribution is 2.20. The Morgan fingerprint density at radius 1 is 1.32 bits per heavy atom. The van der Waals surface area contributed by atoms with Gasteiger partial charge in [0.15, 0.2) is 0 Å². The molecule has 134 valence electrons. The standard InChI is InChI=1S/C17H21N3O3S2/c1-11-12(2)24-16(19-11)8-9-18-25(22,23)15-5-3-4-13(10-15)17(21)20-14-6-7-14/h3-5,10,14,18H,6-9H2,1-2H3,(H,20,21). The molecule has 1 heterocycles. The Morgan fingerprint density at radius 3 is 2.72 bits per heavy atom. The van der Waals surface area contributed by atoms with Crippen molar-refractivity contribution in [2.75, 3.05) is 6.54 Å². The van der Waals surface area contributed by atoms with Crippen molar-refractivity contribution >= 4 is 27.3 Å². The van der Waals surface area contributed by atoms with Crippen molar-refractivity contribution in [2.24, 2.45) is 0 Å². The van der Waals surface area contributed by atoms with Gasteiger partial charge in [0.1, 0.15) is 0 Å². The number of carbonyl (C=O) groups is 1. The molecule has 1 amide bonds. The molecule has 0 spiro atoms. The summed E-state index contributed by atoms with van der Waals surface area (Å²) in [5.74, 6) is -0.228. The molecular weight excluding hydrogens is 358 g/mol. The average molecular weight is 380 g/mol. The number of aromatic nitrogens is 1. The summed E-state index contributed by atoms with van der Waals surface area (Å²) in [7, 11) is -3.66. The zero-order valence-corrected chi connectivity index (χ0v) is 15.8. The second-order valence-electron chi connectivity index (χ2n) is 6.17. The summed E-state index contributed by atoms with van der Waals surface area (Å²) in [6, 6.07) is 6.35. The van der Waals surface area contributed by atoms with E-state index in [9.17, 15) is 13.2 Å². The largest absolute Gasteiger partial charge is 0.349 e. The molecule has 3 rings (SSSR count). The van der Waals surface area contributed by atoms with Crippen LogP contribution in [0.2, 0.25) is 0 Å². The van der Waals surface area contributed by atoms with Crippen molar-refractivity contribution in [3.05, 3.63) is 45.4 Å². The number of aryl methyl sites for hydroxylation is 2. The molecule has 0 atom stereocenters. The lowest BCUT2D eigenvalue weighted by molar-refractivity contribution is 0.0951. The molecule has 0 bridgehead atoms. The third kappa shape index (κ3) is 4.65. The van der Waals surface area contributed by atoms with Gasteiger partial charge < -0.3 is 5.32 Å². The van der Waals surface area contributed by atoms with Crippen molar-refractivity contribution in [1.82, 2.24) is 15.0 Å². The average Bonchev–Trinajstić information content (AvgIpc) is 3.32. The Labute approximate surface area is 151 Å². The minimum Gasteiger partial charge on any atom is -0.349 e. The van der Waals surface area contributed by atoms with Crippen LogP contribution < -0.4 is 10.0 Å². The van der Waals surface area contributed by atoms with Gasteiger partial charge >= 0.3 is 0 Å². The monoisotopic (exact) mass is 379 g/mol. The lowest BCUT2D eigenvalue weighted by Crippen LogP contribution is -2.28. The zero-order valence-electron chi connectivity index (χ0n) is 14.2. The van der Waals surface area contributed by atoms with E-state index in [4.69, 9.17) is 0 Å². The first kappa shape index (κ1) is 18.0. The van der Waals surface area contributed by atoms with Gasteiger partial charge in [-0.3, -0.25) is 4.79 Å². The Bertz CT molecular complexity index is 867. The van der Waals surface area contributed by atoms with Gasteiger partial charge in [0.25, 0.3) is 5.91 Å². The van der Waals surface area contributed by atoms with Crippen molar-refractivity contribution in [1.29, 1.82) is 0 Å². The Morgan fingerprint density at radius 2 is 2.08 bits per heavy atom. The number of rotatable bonds is 7. The number of sulfonamides is 1. The highest BCUT2D eigenvalue weighted by Gasteiger charge is 2.24. The quantitative estimate of drug-likeness (QED) is 0.772. The Kier molecular flexibility index (Phi) is 5.21. The van der Waals surface area contributed by atoms with Crippen LogP contribution in [0.4, 0.5) is 0 Å². The van der Waals surface area contributed by atoms with E-state index in [1.54, 1.807) is 23.5 Å². The number of thiazole rings is 1. The zero-order chi connectivity index (χ0) is 18.0. The van der Waals surface area contributed by atoms with E-state index >= 15 is 0 Å². The molecule has 1 aliphatic rings. The highest BCUT2D eigenvalue weighted by atomic mass is 32.2. The minimum atomic E-state index is -3.66. The maximum absolute atomic E-state index is 12.4. The van der Waals surface area contributed by atoms with Crippen LogP contribution in [0.1, 0.15) is 38.8 Å². The lowest BCUT2D eigenvalue weighted by Gasteiger charge is -2.08. The third-order valence-electron chi connectivity index (χ3n) is 4.02.